The Bertz CT molecular complexity index is 257. The highest BCUT2D eigenvalue weighted by Crippen LogP contribution is 2.06. The zero-order chi connectivity index (χ0) is 10.7. The molecular formula is C10H17N3O2. The molecule has 2 aliphatic heterocycles. The summed E-state index contributed by atoms with van der Waals surface area (Å²) in [5.74, 6) is 0.366. The molecule has 1 N–H and O–H groups in total. The van der Waals surface area contributed by atoms with Gasteiger partial charge in [0.1, 0.15) is 5.78 Å². The highest BCUT2D eigenvalue weighted by Gasteiger charge is 2.21. The molecule has 0 aromatic heterocycles. The second-order valence-electron chi connectivity index (χ2n) is 4.10. The molecule has 0 saturated carbocycles. The van der Waals surface area contributed by atoms with E-state index >= 15 is 0 Å². The van der Waals surface area contributed by atoms with E-state index in [0.29, 0.717) is 18.6 Å². The largest absolute Gasteiger partial charge is 0.336 e. The lowest BCUT2D eigenvalue weighted by atomic mass is 10.1. The Hall–Kier alpha value is -1.10. The van der Waals surface area contributed by atoms with Crippen LogP contribution in [0.2, 0.25) is 0 Å². The van der Waals surface area contributed by atoms with Crippen LogP contribution in [-0.4, -0.2) is 60.9 Å². The number of hydrogen-bond donors (Lipinski definition) is 1. The molecule has 5 heteroatoms. The second-order valence-corrected chi connectivity index (χ2v) is 4.10. The van der Waals surface area contributed by atoms with E-state index in [-0.39, 0.29) is 6.03 Å². The molecule has 15 heavy (non-hydrogen) atoms. The van der Waals surface area contributed by atoms with Crippen LogP contribution in [0.1, 0.15) is 12.8 Å². The summed E-state index contributed by atoms with van der Waals surface area (Å²) >= 11 is 0. The molecule has 2 saturated heterocycles. The second kappa shape index (κ2) is 4.61. The number of ketones is 1. The topological polar surface area (TPSA) is 52.7 Å². The van der Waals surface area contributed by atoms with Crippen LogP contribution in [-0.2, 0) is 4.79 Å². The first-order valence-corrected chi connectivity index (χ1v) is 5.52. The molecule has 0 aromatic rings. The van der Waals surface area contributed by atoms with Gasteiger partial charge in [0.05, 0.1) is 0 Å². The maximum atomic E-state index is 11.2. The van der Waals surface area contributed by atoms with Crippen molar-refractivity contribution >= 4 is 11.8 Å². The Labute approximate surface area is 89.4 Å². The fourth-order valence-electron chi connectivity index (χ4n) is 2.01. The molecule has 2 amide bonds. The summed E-state index contributed by atoms with van der Waals surface area (Å²) in [6.45, 7) is 4.95. The number of piperidine rings is 1. The molecule has 0 spiro atoms. The van der Waals surface area contributed by atoms with Crippen LogP contribution in [0.3, 0.4) is 0 Å². The quantitative estimate of drug-likeness (QED) is 0.696. The fourth-order valence-corrected chi connectivity index (χ4v) is 2.01. The summed E-state index contributed by atoms with van der Waals surface area (Å²) in [4.78, 5) is 26.3. The van der Waals surface area contributed by atoms with Crippen LogP contribution in [0.15, 0.2) is 0 Å². The third-order valence-electron chi connectivity index (χ3n) is 3.05. The van der Waals surface area contributed by atoms with Crippen LogP contribution >= 0.6 is 0 Å². The summed E-state index contributed by atoms with van der Waals surface area (Å²) in [7, 11) is 0. The molecule has 0 aliphatic carbocycles. The number of nitrogens with zero attached hydrogens (tertiary/aromatic N) is 2. The maximum absolute atomic E-state index is 11.2. The summed E-state index contributed by atoms with van der Waals surface area (Å²) < 4.78 is 0. The molecule has 0 unspecified atom stereocenters. The van der Waals surface area contributed by atoms with Crippen molar-refractivity contribution in [2.24, 2.45) is 0 Å². The minimum atomic E-state index is 0.0445. The SMILES string of the molecule is O=C1CCN(CCN2CCNC2=O)CC1. The van der Waals surface area contributed by atoms with Gasteiger partial charge < -0.3 is 15.1 Å². The predicted octanol–water partition coefficient (Wildman–Crippen LogP) is -0.323. The van der Waals surface area contributed by atoms with E-state index in [1.807, 2.05) is 4.90 Å². The number of Topliss-reactive ketones (excluding diaryl/α,β-unsaturated/α-hetero) is 1. The lowest BCUT2D eigenvalue weighted by Crippen LogP contribution is -2.40. The van der Waals surface area contributed by atoms with Crippen molar-refractivity contribution in [3.63, 3.8) is 0 Å². The Morgan fingerprint density at radius 1 is 1.07 bits per heavy atom. The van der Waals surface area contributed by atoms with Crippen molar-refractivity contribution in [3.8, 4) is 0 Å². The molecule has 2 heterocycles. The number of urea groups is 1. The average molecular weight is 211 g/mol. The summed E-state index contributed by atoms with van der Waals surface area (Å²) in [6, 6.07) is 0.0445. The van der Waals surface area contributed by atoms with E-state index in [4.69, 9.17) is 0 Å². The Balaban J connectivity index is 1.69. The van der Waals surface area contributed by atoms with Crippen molar-refractivity contribution in [2.75, 3.05) is 39.3 Å². The molecular weight excluding hydrogens is 194 g/mol. The van der Waals surface area contributed by atoms with E-state index in [1.165, 1.54) is 0 Å². The predicted molar refractivity (Wildman–Crippen MR) is 55.7 cm³/mol. The van der Waals surface area contributed by atoms with Gasteiger partial charge in [-0.05, 0) is 0 Å². The Morgan fingerprint density at radius 2 is 1.80 bits per heavy atom. The molecule has 2 rings (SSSR count). The molecule has 0 radical (unpaired) electrons. The molecule has 0 bridgehead atoms. The summed E-state index contributed by atoms with van der Waals surface area (Å²) in [5, 5.41) is 2.78. The van der Waals surface area contributed by atoms with Crippen LogP contribution in [0, 0.1) is 0 Å². The highest BCUT2D eigenvalue weighted by molar-refractivity contribution is 5.79. The molecule has 2 aliphatic rings. The molecule has 0 aromatic carbocycles. The van der Waals surface area contributed by atoms with E-state index < -0.39 is 0 Å². The van der Waals surface area contributed by atoms with E-state index in [1.54, 1.807) is 0 Å². The number of hydrogen-bond acceptors (Lipinski definition) is 3. The Morgan fingerprint density at radius 3 is 2.40 bits per heavy atom. The fraction of sp³-hybridized carbons (Fsp3) is 0.800. The average Bonchev–Trinajstić information content (AvgIpc) is 2.63. The monoisotopic (exact) mass is 211 g/mol. The normalized spacial score (nSPS) is 23.3. The lowest BCUT2D eigenvalue weighted by Gasteiger charge is -2.27. The van der Waals surface area contributed by atoms with Crippen molar-refractivity contribution in [3.05, 3.63) is 0 Å². The van der Waals surface area contributed by atoms with Crippen LogP contribution in [0.4, 0.5) is 4.79 Å². The van der Waals surface area contributed by atoms with Gasteiger partial charge in [0.15, 0.2) is 0 Å². The van der Waals surface area contributed by atoms with Gasteiger partial charge in [-0.2, -0.15) is 0 Å². The highest BCUT2D eigenvalue weighted by atomic mass is 16.2. The van der Waals surface area contributed by atoms with Gasteiger partial charge in [0.25, 0.3) is 0 Å². The molecule has 0 atom stereocenters. The standard InChI is InChI=1S/C10H17N3O2/c14-9-1-4-12(5-2-9)7-8-13-6-3-11-10(13)15/h1-8H2,(H,11,15). The minimum absolute atomic E-state index is 0.0445. The van der Waals surface area contributed by atoms with Crippen LogP contribution in [0.25, 0.3) is 0 Å². The van der Waals surface area contributed by atoms with Crippen molar-refractivity contribution in [1.29, 1.82) is 0 Å². The first kappa shape index (κ1) is 10.4. The number of nitrogens with one attached hydrogen (secondary N) is 1. The van der Waals surface area contributed by atoms with Crippen molar-refractivity contribution < 1.29 is 9.59 Å². The zero-order valence-electron chi connectivity index (χ0n) is 8.87. The number of rotatable bonds is 3. The third kappa shape index (κ3) is 2.68. The lowest BCUT2D eigenvalue weighted by molar-refractivity contribution is -0.121. The van der Waals surface area contributed by atoms with Gasteiger partial charge >= 0.3 is 6.03 Å². The maximum Gasteiger partial charge on any atom is 0.317 e. The van der Waals surface area contributed by atoms with Gasteiger partial charge in [-0.25, -0.2) is 4.79 Å². The number of likely N-dealkylation sites (tertiary alicyclic amines) is 1. The smallest absolute Gasteiger partial charge is 0.317 e. The third-order valence-corrected chi connectivity index (χ3v) is 3.05. The van der Waals surface area contributed by atoms with E-state index in [9.17, 15) is 9.59 Å². The summed E-state index contributed by atoms with van der Waals surface area (Å²) in [5.41, 5.74) is 0. The van der Waals surface area contributed by atoms with Gasteiger partial charge in [-0.1, -0.05) is 0 Å². The first-order valence-electron chi connectivity index (χ1n) is 5.52. The zero-order valence-corrected chi connectivity index (χ0v) is 8.87. The van der Waals surface area contributed by atoms with Crippen LogP contribution < -0.4 is 5.32 Å². The molecule has 84 valence electrons. The van der Waals surface area contributed by atoms with E-state index in [2.05, 4.69) is 10.2 Å². The van der Waals surface area contributed by atoms with Gasteiger partial charge in [0.2, 0.25) is 0 Å². The number of carbonyl (C=O) groups is 2. The van der Waals surface area contributed by atoms with Crippen LogP contribution in [0.5, 0.6) is 0 Å². The van der Waals surface area contributed by atoms with Gasteiger partial charge in [0, 0.05) is 52.1 Å². The summed E-state index contributed by atoms with van der Waals surface area (Å²) in [6.07, 6.45) is 1.35. The molecule has 2 fully saturated rings. The number of amides is 2. The first-order chi connectivity index (χ1) is 7.25. The van der Waals surface area contributed by atoms with Crippen molar-refractivity contribution in [2.45, 2.75) is 12.8 Å². The molecule has 5 nitrogen and oxygen atoms in total. The van der Waals surface area contributed by atoms with Crippen molar-refractivity contribution in [1.82, 2.24) is 15.1 Å². The minimum Gasteiger partial charge on any atom is -0.336 e. The van der Waals surface area contributed by atoms with E-state index in [0.717, 1.165) is 39.3 Å². The Kier molecular flexibility index (Phi) is 3.20. The number of carbonyl (C=O) groups excluding carboxylic acids is 2. The van der Waals surface area contributed by atoms with Gasteiger partial charge in [-0.3, -0.25) is 4.79 Å². The van der Waals surface area contributed by atoms with Gasteiger partial charge in [-0.15, -0.1) is 0 Å².